The molecule has 5 aliphatic rings. The van der Waals surface area contributed by atoms with E-state index in [-0.39, 0.29) is 39.0 Å². The second-order valence-electron chi connectivity index (χ2n) is 18.1. The summed E-state index contributed by atoms with van der Waals surface area (Å²) in [6.07, 6.45) is 13.4. The van der Waals surface area contributed by atoms with E-state index >= 15 is 0 Å². The number of carbonyl (C=O) groups excluding carboxylic acids is 2. The average molecular weight is 657 g/mol. The second-order valence-corrected chi connectivity index (χ2v) is 18.1. The third-order valence-electron chi connectivity index (χ3n) is 15.8. The Kier molecular flexibility index (Phi) is 9.40. The lowest BCUT2D eigenvalue weighted by molar-refractivity contribution is -0.225. The number of esters is 1. The van der Waals surface area contributed by atoms with Gasteiger partial charge in [-0.25, -0.2) is 0 Å². The van der Waals surface area contributed by atoms with E-state index in [9.17, 15) is 9.59 Å². The normalized spacial score (nSPS) is 39.6. The third-order valence-corrected chi connectivity index (χ3v) is 15.8. The average Bonchev–Trinajstić information content (AvgIpc) is 3.44. The van der Waals surface area contributed by atoms with E-state index in [1.165, 1.54) is 55.9 Å². The maximum atomic E-state index is 14.3. The Hall–Kier alpha value is -2.40. The minimum absolute atomic E-state index is 0.131. The molecule has 0 aliphatic heterocycles. The van der Waals surface area contributed by atoms with E-state index in [2.05, 4.69) is 96.0 Å². The summed E-state index contributed by atoms with van der Waals surface area (Å²) in [6, 6.07) is 9.23. The monoisotopic (exact) mass is 656 g/mol. The molecule has 0 unspecified atom stereocenters. The van der Waals surface area contributed by atoms with Crippen molar-refractivity contribution in [3.63, 3.8) is 0 Å². The molecule has 2 N–H and O–H groups in total. The van der Waals surface area contributed by atoms with Crippen molar-refractivity contribution in [1.82, 2.24) is 10.6 Å². The predicted octanol–water partition coefficient (Wildman–Crippen LogP) is 8.91. The molecule has 4 fully saturated rings. The fraction of sp³-hybridized carbons (Fsp3) is 0.721. The first kappa shape index (κ1) is 35.4. The van der Waals surface area contributed by atoms with Crippen LogP contribution in [0.2, 0.25) is 0 Å². The van der Waals surface area contributed by atoms with Gasteiger partial charge in [-0.1, -0.05) is 82.7 Å². The number of ether oxygens (including phenoxy) is 1. The highest BCUT2D eigenvalue weighted by molar-refractivity contribution is 5.84. The minimum atomic E-state index is -0.303. The number of hydrogen-bond donors (Lipinski definition) is 2. The number of benzene rings is 1. The standard InChI is InChI=1S/C43H64N2O3/c1-28(2)31-16-22-43(38(47)45-27-26-44-25-19-36(46)48-9)24-23-41(7)33(37(31)43)14-15-35-40(6)20-17-32(30-12-10-29(3)11-13-30)39(4,5)34(40)18-21-42(35,41)8/h10-13,17,31,33-35,37,44H,1,14-16,18-27H2,2-9H3,(H,45,47)/t31-,33+,34-,35+,37+,40-,41+,42+,43-/m0/s1. The molecule has 0 bridgehead atoms. The molecule has 1 aromatic carbocycles. The van der Waals surface area contributed by atoms with Gasteiger partial charge in [-0.2, -0.15) is 0 Å². The van der Waals surface area contributed by atoms with Crippen LogP contribution in [0.4, 0.5) is 0 Å². The van der Waals surface area contributed by atoms with Gasteiger partial charge in [-0.15, -0.1) is 0 Å². The minimum Gasteiger partial charge on any atom is -0.469 e. The van der Waals surface area contributed by atoms with Crippen molar-refractivity contribution in [2.75, 3.05) is 26.7 Å². The van der Waals surface area contributed by atoms with Crippen molar-refractivity contribution >= 4 is 17.4 Å². The van der Waals surface area contributed by atoms with Gasteiger partial charge >= 0.3 is 5.97 Å². The zero-order valence-electron chi connectivity index (χ0n) is 31.4. The van der Waals surface area contributed by atoms with Gasteiger partial charge in [-0.05, 0) is 134 Å². The van der Waals surface area contributed by atoms with E-state index < -0.39 is 0 Å². The molecule has 5 heteroatoms. The maximum Gasteiger partial charge on any atom is 0.306 e. The summed E-state index contributed by atoms with van der Waals surface area (Å²) < 4.78 is 4.75. The molecule has 0 spiro atoms. The molecule has 0 heterocycles. The Labute approximate surface area is 291 Å². The molecule has 1 amide bonds. The molecule has 5 nitrogen and oxygen atoms in total. The van der Waals surface area contributed by atoms with Gasteiger partial charge < -0.3 is 15.4 Å². The zero-order chi connectivity index (χ0) is 34.7. The Morgan fingerprint density at radius 1 is 0.875 bits per heavy atom. The molecule has 4 saturated carbocycles. The number of fused-ring (bicyclic) bond motifs is 7. The second kappa shape index (κ2) is 12.7. The smallest absolute Gasteiger partial charge is 0.306 e. The number of rotatable bonds is 9. The van der Waals surface area contributed by atoms with Crippen LogP contribution in [0.3, 0.4) is 0 Å². The number of carbonyl (C=O) groups is 2. The van der Waals surface area contributed by atoms with Crippen LogP contribution >= 0.6 is 0 Å². The Morgan fingerprint density at radius 3 is 2.29 bits per heavy atom. The van der Waals surface area contributed by atoms with Gasteiger partial charge in [0.25, 0.3) is 0 Å². The fourth-order valence-electron chi connectivity index (χ4n) is 13.2. The van der Waals surface area contributed by atoms with Gasteiger partial charge in [0.1, 0.15) is 0 Å². The van der Waals surface area contributed by atoms with Crippen molar-refractivity contribution in [3.05, 3.63) is 53.6 Å². The van der Waals surface area contributed by atoms with E-state index in [4.69, 9.17) is 4.74 Å². The van der Waals surface area contributed by atoms with Crippen molar-refractivity contribution < 1.29 is 14.3 Å². The van der Waals surface area contributed by atoms with Crippen molar-refractivity contribution in [1.29, 1.82) is 0 Å². The fourth-order valence-corrected chi connectivity index (χ4v) is 13.2. The summed E-state index contributed by atoms with van der Waals surface area (Å²) >= 11 is 0. The van der Waals surface area contributed by atoms with Crippen LogP contribution in [0.1, 0.15) is 117 Å². The quantitative estimate of drug-likeness (QED) is 0.158. The van der Waals surface area contributed by atoms with Crippen LogP contribution in [0.15, 0.2) is 42.5 Å². The first-order chi connectivity index (χ1) is 22.7. The lowest BCUT2D eigenvalue weighted by atomic mass is 9.32. The number of allylic oxidation sites excluding steroid dienone is 3. The van der Waals surface area contributed by atoms with E-state index in [0.29, 0.717) is 55.6 Å². The lowest BCUT2D eigenvalue weighted by Crippen LogP contribution is -2.66. The molecule has 9 atom stereocenters. The van der Waals surface area contributed by atoms with E-state index in [0.717, 1.165) is 25.7 Å². The van der Waals surface area contributed by atoms with Crippen LogP contribution in [0.5, 0.6) is 0 Å². The number of methoxy groups -OCH3 is 1. The van der Waals surface area contributed by atoms with Gasteiger partial charge in [0.2, 0.25) is 5.91 Å². The Bertz CT molecular complexity index is 1440. The molecule has 0 radical (unpaired) electrons. The number of hydrogen-bond acceptors (Lipinski definition) is 4. The molecular weight excluding hydrogens is 592 g/mol. The molecule has 5 aliphatic carbocycles. The molecule has 264 valence electrons. The molecule has 0 saturated heterocycles. The van der Waals surface area contributed by atoms with Crippen LogP contribution in [-0.4, -0.2) is 38.6 Å². The molecule has 48 heavy (non-hydrogen) atoms. The third kappa shape index (κ3) is 5.35. The number of amides is 1. The first-order valence-corrected chi connectivity index (χ1v) is 19.1. The van der Waals surface area contributed by atoms with Crippen LogP contribution < -0.4 is 10.6 Å². The highest BCUT2D eigenvalue weighted by Gasteiger charge is 2.71. The van der Waals surface area contributed by atoms with E-state index in [1.807, 2.05) is 0 Å². The topological polar surface area (TPSA) is 67.4 Å². The van der Waals surface area contributed by atoms with E-state index in [1.54, 1.807) is 5.57 Å². The Balaban J connectivity index is 1.25. The molecule has 6 rings (SSSR count). The SMILES string of the molecule is C=C(C)[C@@H]1CC[C@]2(C(=O)NCCNCCC(=O)OC)CC[C@]3(C)[C@H](CC[C@@H]4[C@@]5(C)CC=C(c6ccc(C)cc6)C(C)(C)[C@@H]5CC[C@]43C)[C@@H]12. The summed E-state index contributed by atoms with van der Waals surface area (Å²) in [4.78, 5) is 25.8. The predicted molar refractivity (Wildman–Crippen MR) is 196 cm³/mol. The molecular formula is C43H64N2O3. The Morgan fingerprint density at radius 2 is 1.60 bits per heavy atom. The summed E-state index contributed by atoms with van der Waals surface area (Å²) in [6.45, 7) is 23.8. The number of nitrogens with one attached hydrogen (secondary N) is 2. The summed E-state index contributed by atoms with van der Waals surface area (Å²) in [7, 11) is 1.42. The van der Waals surface area contributed by atoms with Gasteiger partial charge in [0.15, 0.2) is 0 Å². The summed E-state index contributed by atoms with van der Waals surface area (Å²) in [5.41, 5.74) is 6.11. The van der Waals surface area contributed by atoms with Gasteiger partial charge in [0, 0.05) is 19.6 Å². The summed E-state index contributed by atoms with van der Waals surface area (Å²) in [5.74, 6) is 2.71. The maximum absolute atomic E-state index is 14.3. The largest absolute Gasteiger partial charge is 0.469 e. The molecule has 1 aromatic rings. The molecule has 0 aromatic heterocycles. The van der Waals surface area contributed by atoms with Crippen molar-refractivity contribution in [2.24, 2.45) is 56.7 Å². The van der Waals surface area contributed by atoms with Crippen molar-refractivity contribution in [2.45, 2.75) is 113 Å². The van der Waals surface area contributed by atoms with Crippen molar-refractivity contribution in [3.8, 4) is 0 Å². The van der Waals surface area contributed by atoms with Crippen LogP contribution in [-0.2, 0) is 14.3 Å². The first-order valence-electron chi connectivity index (χ1n) is 19.1. The highest BCUT2D eigenvalue weighted by Crippen LogP contribution is 2.77. The number of aryl methyl sites for hydroxylation is 1. The summed E-state index contributed by atoms with van der Waals surface area (Å²) in [5, 5.41) is 6.66. The zero-order valence-corrected chi connectivity index (χ0v) is 31.4. The van der Waals surface area contributed by atoms with Crippen LogP contribution in [0.25, 0.3) is 5.57 Å². The lowest BCUT2D eigenvalue weighted by Gasteiger charge is -2.72. The van der Waals surface area contributed by atoms with Gasteiger partial charge in [0.05, 0.1) is 18.9 Å². The highest BCUT2D eigenvalue weighted by atomic mass is 16.5. The van der Waals surface area contributed by atoms with Gasteiger partial charge in [-0.3, -0.25) is 9.59 Å². The van der Waals surface area contributed by atoms with Crippen LogP contribution in [0, 0.1) is 63.6 Å².